The fraction of sp³-hybridized carbons (Fsp3) is 0.750. The molecule has 0 heterocycles. The zero-order valence-corrected chi connectivity index (χ0v) is 9.94. The molecule has 6 heteroatoms. The number of nitrogens with zero attached hydrogens (tertiary/aromatic N) is 1. The van der Waals surface area contributed by atoms with Crippen LogP contribution in [0.25, 0.3) is 0 Å². The lowest BCUT2D eigenvalue weighted by Gasteiger charge is -2.19. The Balaban J connectivity index is 4.31. The molecule has 0 saturated carbocycles. The van der Waals surface area contributed by atoms with Gasteiger partial charge in [-0.2, -0.15) is 0 Å². The highest BCUT2D eigenvalue weighted by Gasteiger charge is 2.27. The standard InChI is InChI=1S/C8H14BrNO4/c1-4-14-8(13)10(3)7(12)6(9)5(2)11/h5-6,11H,4H2,1-3H3. The summed E-state index contributed by atoms with van der Waals surface area (Å²) < 4.78 is 4.62. The lowest BCUT2D eigenvalue weighted by molar-refractivity contribution is -0.129. The Morgan fingerprint density at radius 2 is 2.07 bits per heavy atom. The van der Waals surface area contributed by atoms with Crippen LogP contribution in [0.4, 0.5) is 4.79 Å². The van der Waals surface area contributed by atoms with Crippen molar-refractivity contribution in [2.45, 2.75) is 24.8 Å². The van der Waals surface area contributed by atoms with Gasteiger partial charge in [0, 0.05) is 7.05 Å². The first-order chi connectivity index (χ1) is 6.41. The fourth-order valence-corrected chi connectivity index (χ4v) is 1.01. The quantitative estimate of drug-likeness (QED) is 0.767. The molecule has 0 fully saturated rings. The third-order valence-corrected chi connectivity index (χ3v) is 2.69. The molecule has 14 heavy (non-hydrogen) atoms. The minimum atomic E-state index is -0.862. The van der Waals surface area contributed by atoms with Crippen molar-refractivity contribution in [2.24, 2.45) is 0 Å². The van der Waals surface area contributed by atoms with Crippen LogP contribution in [0, 0.1) is 0 Å². The van der Waals surface area contributed by atoms with E-state index in [-0.39, 0.29) is 6.61 Å². The minimum Gasteiger partial charge on any atom is -0.449 e. The van der Waals surface area contributed by atoms with Crippen molar-refractivity contribution in [2.75, 3.05) is 13.7 Å². The van der Waals surface area contributed by atoms with Gasteiger partial charge in [-0.15, -0.1) is 0 Å². The lowest BCUT2D eigenvalue weighted by Crippen LogP contribution is -2.42. The van der Waals surface area contributed by atoms with Crippen LogP contribution in [0.15, 0.2) is 0 Å². The molecule has 2 amide bonds. The van der Waals surface area contributed by atoms with Crippen molar-refractivity contribution >= 4 is 27.9 Å². The molecule has 0 rings (SSSR count). The third-order valence-electron chi connectivity index (χ3n) is 1.53. The maximum Gasteiger partial charge on any atom is 0.416 e. The normalized spacial score (nSPS) is 14.4. The maximum absolute atomic E-state index is 11.4. The second kappa shape index (κ2) is 5.98. The van der Waals surface area contributed by atoms with E-state index < -0.39 is 22.9 Å². The van der Waals surface area contributed by atoms with Gasteiger partial charge in [0.25, 0.3) is 0 Å². The van der Waals surface area contributed by atoms with Crippen molar-refractivity contribution in [3.8, 4) is 0 Å². The number of rotatable bonds is 3. The molecule has 0 spiro atoms. The summed E-state index contributed by atoms with van der Waals surface area (Å²) in [6, 6.07) is 0. The average Bonchev–Trinajstić information content (AvgIpc) is 2.14. The molecule has 82 valence electrons. The molecule has 2 unspecified atom stereocenters. The third kappa shape index (κ3) is 3.63. The van der Waals surface area contributed by atoms with Crippen molar-refractivity contribution < 1.29 is 19.4 Å². The van der Waals surface area contributed by atoms with Gasteiger partial charge in [-0.3, -0.25) is 4.79 Å². The summed E-state index contributed by atoms with van der Waals surface area (Å²) in [7, 11) is 1.30. The number of aliphatic hydroxyl groups excluding tert-OH is 1. The fourth-order valence-electron chi connectivity index (χ4n) is 0.702. The Kier molecular flexibility index (Phi) is 5.71. The second-order valence-corrected chi connectivity index (χ2v) is 3.73. The van der Waals surface area contributed by atoms with Gasteiger partial charge in [0.15, 0.2) is 0 Å². The van der Waals surface area contributed by atoms with Crippen LogP contribution in [0.3, 0.4) is 0 Å². The molecule has 0 aromatic heterocycles. The summed E-state index contributed by atoms with van der Waals surface area (Å²) in [4.78, 5) is 22.5. The van der Waals surface area contributed by atoms with Crippen molar-refractivity contribution in [3.05, 3.63) is 0 Å². The Labute approximate surface area is 91.2 Å². The Hall–Kier alpha value is -0.620. The molecule has 0 aliphatic carbocycles. The van der Waals surface area contributed by atoms with E-state index in [4.69, 9.17) is 5.11 Å². The topological polar surface area (TPSA) is 66.8 Å². The molecule has 2 atom stereocenters. The number of aliphatic hydroxyl groups is 1. The molecular weight excluding hydrogens is 254 g/mol. The first-order valence-electron chi connectivity index (χ1n) is 4.18. The highest BCUT2D eigenvalue weighted by atomic mass is 79.9. The smallest absolute Gasteiger partial charge is 0.416 e. The van der Waals surface area contributed by atoms with Crippen LogP contribution in [-0.2, 0) is 9.53 Å². The summed E-state index contributed by atoms with van der Waals surface area (Å²) in [5, 5.41) is 9.11. The van der Waals surface area contributed by atoms with E-state index >= 15 is 0 Å². The number of halogens is 1. The molecule has 1 N–H and O–H groups in total. The first-order valence-corrected chi connectivity index (χ1v) is 5.09. The van der Waals surface area contributed by atoms with Gasteiger partial charge in [0.1, 0.15) is 4.83 Å². The van der Waals surface area contributed by atoms with Gasteiger partial charge >= 0.3 is 6.09 Å². The summed E-state index contributed by atoms with van der Waals surface area (Å²) in [5.41, 5.74) is 0. The number of amides is 2. The van der Waals surface area contributed by atoms with Crippen LogP contribution < -0.4 is 0 Å². The summed E-state index contributed by atoms with van der Waals surface area (Å²) in [5.74, 6) is -0.529. The van der Waals surface area contributed by atoms with Crippen LogP contribution >= 0.6 is 15.9 Å². The highest BCUT2D eigenvalue weighted by Crippen LogP contribution is 2.09. The number of alkyl halides is 1. The number of imide groups is 1. The van der Waals surface area contributed by atoms with Gasteiger partial charge in [-0.05, 0) is 13.8 Å². The Bertz CT molecular complexity index is 219. The number of hydrogen-bond donors (Lipinski definition) is 1. The van der Waals surface area contributed by atoms with E-state index in [1.54, 1.807) is 6.92 Å². The predicted molar refractivity (Wildman–Crippen MR) is 54.2 cm³/mol. The van der Waals surface area contributed by atoms with Gasteiger partial charge < -0.3 is 9.84 Å². The molecule has 0 aromatic rings. The molecule has 0 bridgehead atoms. The van der Waals surface area contributed by atoms with Crippen LogP contribution in [-0.4, -0.2) is 46.6 Å². The second-order valence-electron chi connectivity index (χ2n) is 2.74. The molecule has 0 aromatic carbocycles. The zero-order valence-electron chi connectivity index (χ0n) is 8.36. The maximum atomic E-state index is 11.4. The van der Waals surface area contributed by atoms with E-state index in [0.717, 1.165) is 4.90 Å². The highest BCUT2D eigenvalue weighted by molar-refractivity contribution is 9.10. The van der Waals surface area contributed by atoms with Crippen LogP contribution in [0.2, 0.25) is 0 Å². The Morgan fingerprint density at radius 1 is 1.57 bits per heavy atom. The SMILES string of the molecule is CCOC(=O)N(C)C(=O)C(Br)C(C)O. The molecule has 5 nitrogen and oxygen atoms in total. The first kappa shape index (κ1) is 13.4. The molecule has 0 aliphatic rings. The van der Waals surface area contributed by atoms with Gasteiger partial charge in [-0.1, -0.05) is 15.9 Å². The summed E-state index contributed by atoms with van der Waals surface area (Å²) >= 11 is 2.98. The Morgan fingerprint density at radius 3 is 2.43 bits per heavy atom. The van der Waals surface area contributed by atoms with Crippen LogP contribution in [0.5, 0.6) is 0 Å². The molecule has 0 saturated heterocycles. The monoisotopic (exact) mass is 267 g/mol. The predicted octanol–water partition coefficient (Wildman–Crippen LogP) is 0.746. The summed E-state index contributed by atoms with van der Waals surface area (Å²) in [6.07, 6.45) is -1.58. The summed E-state index contributed by atoms with van der Waals surface area (Å²) in [6.45, 7) is 3.31. The van der Waals surface area contributed by atoms with E-state index in [0.29, 0.717) is 0 Å². The zero-order chi connectivity index (χ0) is 11.3. The minimum absolute atomic E-state index is 0.206. The van der Waals surface area contributed by atoms with Crippen LogP contribution in [0.1, 0.15) is 13.8 Å². The van der Waals surface area contributed by atoms with Crippen molar-refractivity contribution in [3.63, 3.8) is 0 Å². The molecule has 0 radical (unpaired) electrons. The largest absolute Gasteiger partial charge is 0.449 e. The van der Waals surface area contributed by atoms with E-state index in [1.807, 2.05) is 0 Å². The molecule has 0 aliphatic heterocycles. The lowest BCUT2D eigenvalue weighted by atomic mass is 10.2. The number of carbonyl (C=O) groups is 2. The number of carbonyl (C=O) groups excluding carboxylic acids is 2. The van der Waals surface area contributed by atoms with Gasteiger partial charge in [-0.25, -0.2) is 9.69 Å². The van der Waals surface area contributed by atoms with Gasteiger partial charge in [0.2, 0.25) is 5.91 Å². The average molecular weight is 268 g/mol. The molecular formula is C8H14BrNO4. The van der Waals surface area contributed by atoms with Gasteiger partial charge in [0.05, 0.1) is 12.7 Å². The van der Waals surface area contributed by atoms with E-state index in [1.165, 1.54) is 14.0 Å². The van der Waals surface area contributed by atoms with E-state index in [2.05, 4.69) is 20.7 Å². The van der Waals surface area contributed by atoms with E-state index in [9.17, 15) is 9.59 Å². The van der Waals surface area contributed by atoms with Crippen molar-refractivity contribution in [1.29, 1.82) is 0 Å². The number of hydrogen-bond acceptors (Lipinski definition) is 4. The number of ether oxygens (including phenoxy) is 1. The van der Waals surface area contributed by atoms with Crippen molar-refractivity contribution in [1.82, 2.24) is 4.90 Å².